The third kappa shape index (κ3) is 6.13. The van der Waals surface area contributed by atoms with Gasteiger partial charge < -0.3 is 24.3 Å². The van der Waals surface area contributed by atoms with Gasteiger partial charge in [-0.3, -0.25) is 4.79 Å². The van der Waals surface area contributed by atoms with Gasteiger partial charge in [0.1, 0.15) is 5.75 Å². The maximum absolute atomic E-state index is 12.5. The topological polar surface area (TPSA) is 83.1 Å². The van der Waals surface area contributed by atoms with E-state index in [4.69, 9.17) is 18.9 Å². The summed E-state index contributed by atoms with van der Waals surface area (Å²) < 4.78 is 21.5. The average molecular weight is 427 g/mol. The van der Waals surface area contributed by atoms with Crippen molar-refractivity contribution in [1.82, 2.24) is 5.32 Å². The molecule has 1 fully saturated rings. The van der Waals surface area contributed by atoms with E-state index in [0.29, 0.717) is 36.2 Å². The Balaban J connectivity index is 1.59. The second-order valence-electron chi connectivity index (χ2n) is 7.26. The number of carbonyl (C=O) groups excluding carboxylic acids is 2. The smallest absolute Gasteiger partial charge is 0.338 e. The molecule has 1 saturated carbocycles. The lowest BCUT2D eigenvalue weighted by Gasteiger charge is -2.19. The highest BCUT2D eigenvalue weighted by Crippen LogP contribution is 2.41. The molecule has 0 radical (unpaired) electrons. The Morgan fingerprint density at radius 1 is 1.00 bits per heavy atom. The normalized spacial score (nSPS) is 13.8. The molecular formula is C24H29NO6. The Bertz CT molecular complexity index is 891. The molecule has 0 heterocycles. The summed E-state index contributed by atoms with van der Waals surface area (Å²) in [6, 6.07) is 12.4. The van der Waals surface area contributed by atoms with Crippen LogP contribution in [0.4, 0.5) is 0 Å². The first-order valence-corrected chi connectivity index (χ1v) is 10.6. The number of benzene rings is 2. The average Bonchev–Trinajstić information content (AvgIpc) is 3.63. The molecule has 7 nitrogen and oxygen atoms in total. The molecule has 3 rings (SSSR count). The third-order valence-corrected chi connectivity index (χ3v) is 5.00. The Hall–Kier alpha value is -3.22. The van der Waals surface area contributed by atoms with Crippen LogP contribution in [0.3, 0.4) is 0 Å². The fourth-order valence-electron chi connectivity index (χ4n) is 3.32. The van der Waals surface area contributed by atoms with Crippen LogP contribution in [-0.4, -0.2) is 38.8 Å². The van der Waals surface area contributed by atoms with Crippen molar-refractivity contribution in [2.75, 3.05) is 26.9 Å². The van der Waals surface area contributed by atoms with Crippen LogP contribution in [0.5, 0.6) is 17.2 Å². The lowest BCUT2D eigenvalue weighted by atomic mass is 10.0. The van der Waals surface area contributed by atoms with Crippen molar-refractivity contribution in [2.24, 2.45) is 5.92 Å². The number of amides is 1. The zero-order valence-corrected chi connectivity index (χ0v) is 18.2. The molecule has 1 N–H and O–H groups in total. The lowest BCUT2D eigenvalue weighted by Crippen LogP contribution is -2.33. The molecular weight excluding hydrogens is 398 g/mol. The van der Waals surface area contributed by atoms with E-state index in [9.17, 15) is 9.59 Å². The van der Waals surface area contributed by atoms with E-state index in [1.54, 1.807) is 25.3 Å². The van der Waals surface area contributed by atoms with Crippen molar-refractivity contribution in [3.8, 4) is 17.2 Å². The van der Waals surface area contributed by atoms with Crippen molar-refractivity contribution >= 4 is 11.9 Å². The van der Waals surface area contributed by atoms with E-state index in [1.807, 2.05) is 38.1 Å². The number of methoxy groups -OCH3 is 1. The minimum absolute atomic E-state index is 0.104. The molecule has 7 heteroatoms. The van der Waals surface area contributed by atoms with Crippen LogP contribution < -0.4 is 19.5 Å². The molecule has 0 aliphatic heterocycles. The number of hydrogen-bond donors (Lipinski definition) is 1. The first kappa shape index (κ1) is 22.5. The molecule has 0 aromatic heterocycles. The maximum atomic E-state index is 12.5. The predicted octanol–water partition coefficient (Wildman–Crippen LogP) is 3.92. The first-order chi connectivity index (χ1) is 15.0. The van der Waals surface area contributed by atoms with Gasteiger partial charge in [-0.25, -0.2) is 4.79 Å². The molecule has 1 unspecified atom stereocenters. The van der Waals surface area contributed by atoms with E-state index < -0.39 is 5.97 Å². The van der Waals surface area contributed by atoms with Crippen molar-refractivity contribution in [1.29, 1.82) is 0 Å². The summed E-state index contributed by atoms with van der Waals surface area (Å²) in [7, 11) is 1.62. The van der Waals surface area contributed by atoms with E-state index >= 15 is 0 Å². The van der Waals surface area contributed by atoms with Crippen LogP contribution in [0.25, 0.3) is 0 Å². The quantitative estimate of drug-likeness (QED) is 0.548. The van der Waals surface area contributed by atoms with Gasteiger partial charge in [-0.1, -0.05) is 12.1 Å². The van der Waals surface area contributed by atoms with Crippen LogP contribution in [-0.2, 0) is 9.53 Å². The second-order valence-corrected chi connectivity index (χ2v) is 7.26. The van der Waals surface area contributed by atoms with Gasteiger partial charge in [0, 0.05) is 0 Å². The van der Waals surface area contributed by atoms with Crippen LogP contribution in [0.15, 0.2) is 42.5 Å². The van der Waals surface area contributed by atoms with E-state index in [2.05, 4.69) is 5.32 Å². The van der Waals surface area contributed by atoms with Crippen molar-refractivity contribution in [2.45, 2.75) is 32.7 Å². The fraction of sp³-hybridized carbons (Fsp3) is 0.417. The van der Waals surface area contributed by atoms with Gasteiger partial charge >= 0.3 is 5.97 Å². The van der Waals surface area contributed by atoms with Crippen LogP contribution >= 0.6 is 0 Å². The largest absolute Gasteiger partial charge is 0.497 e. The monoisotopic (exact) mass is 427 g/mol. The number of nitrogens with one attached hydrogen (secondary N) is 1. The van der Waals surface area contributed by atoms with Crippen LogP contribution in [0.1, 0.15) is 48.7 Å². The Morgan fingerprint density at radius 2 is 1.68 bits per heavy atom. The minimum atomic E-state index is -0.591. The molecule has 166 valence electrons. The summed E-state index contributed by atoms with van der Waals surface area (Å²) in [6.07, 6.45) is 2.12. The van der Waals surface area contributed by atoms with Gasteiger partial charge in [-0.05, 0) is 68.5 Å². The summed E-state index contributed by atoms with van der Waals surface area (Å²) in [5, 5.41) is 3.00. The summed E-state index contributed by atoms with van der Waals surface area (Å²) in [4.78, 5) is 24.9. The summed E-state index contributed by atoms with van der Waals surface area (Å²) in [5.41, 5.74) is 1.31. The zero-order chi connectivity index (χ0) is 22.2. The summed E-state index contributed by atoms with van der Waals surface area (Å²) in [5.74, 6) is 1.26. The standard InChI is InChI=1S/C24H29NO6/c1-4-29-20-13-10-18(14-21(20)30-5-2)24(27)31-15-22(26)25-23(16-6-7-16)17-8-11-19(28-3)12-9-17/h8-14,16,23H,4-7,15H2,1-3H3,(H,25,26). The maximum Gasteiger partial charge on any atom is 0.338 e. The zero-order valence-electron chi connectivity index (χ0n) is 18.2. The van der Waals surface area contributed by atoms with Gasteiger partial charge in [0.05, 0.1) is 31.9 Å². The fourth-order valence-corrected chi connectivity index (χ4v) is 3.32. The highest BCUT2D eigenvalue weighted by molar-refractivity contribution is 5.92. The van der Waals surface area contributed by atoms with Gasteiger partial charge in [0.25, 0.3) is 5.91 Å². The van der Waals surface area contributed by atoms with Crippen molar-refractivity contribution in [3.63, 3.8) is 0 Å². The molecule has 2 aromatic rings. The minimum Gasteiger partial charge on any atom is -0.497 e. The highest BCUT2D eigenvalue weighted by atomic mass is 16.5. The molecule has 31 heavy (non-hydrogen) atoms. The number of esters is 1. The number of rotatable bonds is 11. The third-order valence-electron chi connectivity index (χ3n) is 5.00. The Kier molecular flexibility index (Phi) is 7.76. The van der Waals surface area contributed by atoms with E-state index in [-0.39, 0.29) is 18.6 Å². The van der Waals surface area contributed by atoms with E-state index in [0.717, 1.165) is 24.2 Å². The Labute approximate surface area is 182 Å². The lowest BCUT2D eigenvalue weighted by molar-refractivity contribution is -0.125. The van der Waals surface area contributed by atoms with Crippen LogP contribution in [0.2, 0.25) is 0 Å². The molecule has 1 atom stereocenters. The molecule has 1 aliphatic rings. The van der Waals surface area contributed by atoms with Crippen molar-refractivity contribution in [3.05, 3.63) is 53.6 Å². The first-order valence-electron chi connectivity index (χ1n) is 10.6. The number of ether oxygens (including phenoxy) is 4. The number of carbonyl (C=O) groups is 2. The van der Waals surface area contributed by atoms with Crippen molar-refractivity contribution < 1.29 is 28.5 Å². The van der Waals surface area contributed by atoms with Gasteiger partial charge in [-0.15, -0.1) is 0 Å². The molecule has 1 amide bonds. The Morgan fingerprint density at radius 3 is 2.29 bits per heavy atom. The molecule has 0 bridgehead atoms. The van der Waals surface area contributed by atoms with Gasteiger partial charge in [-0.2, -0.15) is 0 Å². The molecule has 2 aromatic carbocycles. The second kappa shape index (κ2) is 10.7. The predicted molar refractivity (Wildman–Crippen MR) is 116 cm³/mol. The van der Waals surface area contributed by atoms with Gasteiger partial charge in [0.15, 0.2) is 18.1 Å². The summed E-state index contributed by atoms with van der Waals surface area (Å²) >= 11 is 0. The number of hydrogen-bond acceptors (Lipinski definition) is 6. The van der Waals surface area contributed by atoms with Gasteiger partial charge in [0.2, 0.25) is 0 Å². The van der Waals surface area contributed by atoms with Crippen LogP contribution in [0, 0.1) is 5.92 Å². The summed E-state index contributed by atoms with van der Waals surface area (Å²) in [6.45, 7) is 4.30. The van der Waals surface area contributed by atoms with E-state index in [1.165, 1.54) is 0 Å². The SMILES string of the molecule is CCOc1ccc(C(=O)OCC(=O)NC(c2ccc(OC)cc2)C2CC2)cc1OCC. The molecule has 0 spiro atoms. The highest BCUT2D eigenvalue weighted by Gasteiger charge is 2.33. The molecule has 0 saturated heterocycles. The molecule has 1 aliphatic carbocycles.